The van der Waals surface area contributed by atoms with E-state index in [0.717, 1.165) is 16.0 Å². The lowest BCUT2D eigenvalue weighted by molar-refractivity contribution is 0.102. The van der Waals surface area contributed by atoms with E-state index >= 15 is 0 Å². The fourth-order valence-electron chi connectivity index (χ4n) is 3.77. The largest absolute Gasteiger partial charge is 0.306 e. The molecule has 0 atom stereocenters. The maximum absolute atomic E-state index is 13.0. The number of benzene rings is 2. The number of rotatable bonds is 6. The van der Waals surface area contributed by atoms with Crippen LogP contribution in [0.3, 0.4) is 0 Å². The number of thiophene rings is 1. The van der Waals surface area contributed by atoms with Crippen LogP contribution in [0.1, 0.15) is 32.7 Å². The van der Waals surface area contributed by atoms with E-state index in [2.05, 4.69) is 20.4 Å². The lowest BCUT2D eigenvalue weighted by atomic mass is 10.1. The first kappa shape index (κ1) is 22.5. The van der Waals surface area contributed by atoms with Gasteiger partial charge in [-0.15, -0.1) is 11.3 Å². The molecule has 0 spiro atoms. The molecule has 8 heteroatoms. The first-order valence-corrected chi connectivity index (χ1v) is 12.0. The smallest absolute Gasteiger partial charge is 0.256 e. The van der Waals surface area contributed by atoms with Crippen LogP contribution in [0.2, 0.25) is 0 Å². The number of carbonyl (C=O) groups is 1. The molecule has 0 saturated carbocycles. The minimum atomic E-state index is -0.274. The lowest BCUT2D eigenvalue weighted by Crippen LogP contribution is -2.22. The van der Waals surface area contributed by atoms with Crippen LogP contribution in [0.25, 0.3) is 16.5 Å². The second-order valence-electron chi connectivity index (χ2n) is 8.24. The van der Waals surface area contributed by atoms with E-state index < -0.39 is 0 Å². The van der Waals surface area contributed by atoms with Crippen molar-refractivity contribution in [2.45, 2.75) is 20.3 Å². The topological polar surface area (TPSA) is 92.7 Å². The number of nitrogens with one attached hydrogen (secondary N) is 2. The van der Waals surface area contributed by atoms with E-state index in [1.54, 1.807) is 18.2 Å². The number of amides is 1. The molecule has 0 saturated heterocycles. The Morgan fingerprint density at radius 2 is 1.80 bits per heavy atom. The van der Waals surface area contributed by atoms with Crippen LogP contribution < -0.4 is 10.9 Å². The number of H-pyrrole nitrogens is 1. The summed E-state index contributed by atoms with van der Waals surface area (Å²) in [5.41, 5.74) is 4.26. The van der Waals surface area contributed by atoms with Crippen LogP contribution >= 0.6 is 11.3 Å². The Bertz CT molecular complexity index is 1540. The zero-order valence-corrected chi connectivity index (χ0v) is 20.1. The summed E-state index contributed by atoms with van der Waals surface area (Å²) in [6, 6.07) is 22.8. The zero-order chi connectivity index (χ0) is 24.4. The molecule has 5 rings (SSSR count). The van der Waals surface area contributed by atoms with Crippen LogP contribution in [0.4, 0.5) is 5.82 Å². The Balaban J connectivity index is 1.53. The molecular formula is C27H23N5O2S. The minimum Gasteiger partial charge on any atom is -0.306 e. The predicted octanol–water partition coefficient (Wildman–Crippen LogP) is 5.14. The SMILES string of the molecule is Cc1ccc(C(=O)Nc2cc(-c3cccs3)nn2-c2nc(C)c(Cc3ccccc3)c(=O)[nH]2)cc1. The number of nitrogens with zero attached hydrogens (tertiary/aromatic N) is 3. The Labute approximate surface area is 206 Å². The predicted molar refractivity (Wildman–Crippen MR) is 138 cm³/mol. The molecule has 0 unspecified atom stereocenters. The van der Waals surface area contributed by atoms with Crippen molar-refractivity contribution in [2.24, 2.45) is 0 Å². The normalized spacial score (nSPS) is 10.9. The molecule has 3 heterocycles. The molecular weight excluding hydrogens is 458 g/mol. The van der Waals surface area contributed by atoms with Crippen molar-refractivity contribution in [3.63, 3.8) is 0 Å². The van der Waals surface area contributed by atoms with Gasteiger partial charge in [-0.25, -0.2) is 4.98 Å². The number of hydrogen-bond donors (Lipinski definition) is 2. The third-order valence-electron chi connectivity index (χ3n) is 5.67. The highest BCUT2D eigenvalue weighted by molar-refractivity contribution is 7.13. The van der Waals surface area contributed by atoms with Crippen molar-refractivity contribution in [1.29, 1.82) is 0 Å². The Morgan fingerprint density at radius 3 is 2.49 bits per heavy atom. The second-order valence-corrected chi connectivity index (χ2v) is 9.19. The molecule has 2 aromatic carbocycles. The zero-order valence-electron chi connectivity index (χ0n) is 19.3. The van der Waals surface area contributed by atoms with Gasteiger partial charge in [-0.2, -0.15) is 9.78 Å². The van der Waals surface area contributed by atoms with E-state index in [4.69, 9.17) is 0 Å². The van der Waals surface area contributed by atoms with Crippen LogP contribution in [-0.4, -0.2) is 25.7 Å². The van der Waals surface area contributed by atoms with E-state index in [9.17, 15) is 9.59 Å². The van der Waals surface area contributed by atoms with Gasteiger partial charge in [0.15, 0.2) is 0 Å². The summed E-state index contributed by atoms with van der Waals surface area (Å²) in [5, 5.41) is 9.54. The van der Waals surface area contributed by atoms with Gasteiger partial charge < -0.3 is 5.32 Å². The second kappa shape index (κ2) is 9.52. The van der Waals surface area contributed by atoms with E-state index in [1.165, 1.54) is 16.0 Å². The van der Waals surface area contributed by atoms with Crippen molar-refractivity contribution in [3.05, 3.63) is 116 Å². The number of anilines is 1. The molecule has 1 amide bonds. The van der Waals surface area contributed by atoms with Gasteiger partial charge in [-0.1, -0.05) is 54.1 Å². The monoisotopic (exact) mass is 481 g/mol. The third kappa shape index (κ3) is 4.83. The number of aromatic amines is 1. The van der Waals surface area contributed by atoms with Gasteiger partial charge in [0.2, 0.25) is 5.95 Å². The Morgan fingerprint density at radius 1 is 1.03 bits per heavy atom. The average Bonchev–Trinajstić information content (AvgIpc) is 3.53. The van der Waals surface area contributed by atoms with Crippen LogP contribution in [0, 0.1) is 13.8 Å². The number of carbonyl (C=O) groups excluding carboxylic acids is 1. The summed E-state index contributed by atoms with van der Waals surface area (Å²) >= 11 is 1.54. The van der Waals surface area contributed by atoms with E-state index in [0.29, 0.717) is 34.8 Å². The standard InChI is InChI=1S/C27H23N5O2S/c1-17-10-12-20(13-11-17)25(33)29-24-16-22(23-9-6-14-35-23)31-32(24)27-28-18(2)21(26(34)30-27)15-19-7-4-3-5-8-19/h3-14,16H,15H2,1-2H3,(H,29,33)(H,28,30,34). The number of hydrogen-bond acceptors (Lipinski definition) is 5. The molecule has 5 aromatic rings. The quantitative estimate of drug-likeness (QED) is 0.351. The van der Waals surface area contributed by atoms with Crippen molar-refractivity contribution in [1.82, 2.24) is 19.7 Å². The average molecular weight is 482 g/mol. The van der Waals surface area contributed by atoms with Crippen molar-refractivity contribution >= 4 is 23.1 Å². The highest BCUT2D eigenvalue weighted by Gasteiger charge is 2.18. The summed E-state index contributed by atoms with van der Waals surface area (Å²) in [4.78, 5) is 34.4. The lowest BCUT2D eigenvalue weighted by Gasteiger charge is -2.11. The molecule has 0 radical (unpaired) electrons. The fraction of sp³-hybridized carbons (Fsp3) is 0.111. The fourth-order valence-corrected chi connectivity index (χ4v) is 4.46. The van der Waals surface area contributed by atoms with Crippen LogP contribution in [0.15, 0.2) is 83.0 Å². The number of aromatic nitrogens is 4. The van der Waals surface area contributed by atoms with Gasteiger partial charge in [-0.3, -0.25) is 14.6 Å². The summed E-state index contributed by atoms with van der Waals surface area (Å²) in [6.45, 7) is 3.78. The van der Waals surface area contributed by atoms with Gasteiger partial charge >= 0.3 is 0 Å². The highest BCUT2D eigenvalue weighted by Crippen LogP contribution is 2.27. The van der Waals surface area contributed by atoms with Crippen molar-refractivity contribution < 1.29 is 4.79 Å². The Kier molecular flexibility index (Phi) is 6.12. The summed E-state index contributed by atoms with van der Waals surface area (Å²) in [7, 11) is 0. The molecule has 35 heavy (non-hydrogen) atoms. The molecule has 7 nitrogen and oxygen atoms in total. The van der Waals surface area contributed by atoms with Crippen molar-refractivity contribution in [3.8, 4) is 16.5 Å². The van der Waals surface area contributed by atoms with Gasteiger partial charge in [0.1, 0.15) is 11.5 Å². The summed E-state index contributed by atoms with van der Waals surface area (Å²) in [6.07, 6.45) is 0.478. The van der Waals surface area contributed by atoms with Gasteiger partial charge in [-0.05, 0) is 43.0 Å². The minimum absolute atomic E-state index is 0.236. The molecule has 0 aliphatic carbocycles. The third-order valence-corrected chi connectivity index (χ3v) is 6.56. The molecule has 174 valence electrons. The van der Waals surface area contributed by atoms with E-state index in [1.807, 2.05) is 73.8 Å². The molecule has 2 N–H and O–H groups in total. The first-order valence-electron chi connectivity index (χ1n) is 11.1. The number of aryl methyl sites for hydroxylation is 2. The van der Waals surface area contributed by atoms with Crippen LogP contribution in [0.5, 0.6) is 0 Å². The molecule has 0 fully saturated rings. The maximum Gasteiger partial charge on any atom is 0.256 e. The molecule has 0 bridgehead atoms. The van der Waals surface area contributed by atoms with Crippen molar-refractivity contribution in [2.75, 3.05) is 5.32 Å². The molecule has 0 aliphatic rings. The molecule has 0 aliphatic heterocycles. The van der Waals surface area contributed by atoms with Crippen LogP contribution in [-0.2, 0) is 6.42 Å². The van der Waals surface area contributed by atoms with Gasteiger partial charge in [0.25, 0.3) is 11.5 Å². The van der Waals surface area contributed by atoms with Gasteiger partial charge in [0, 0.05) is 23.6 Å². The summed E-state index contributed by atoms with van der Waals surface area (Å²) in [5.74, 6) is 0.382. The summed E-state index contributed by atoms with van der Waals surface area (Å²) < 4.78 is 1.47. The van der Waals surface area contributed by atoms with Gasteiger partial charge in [0.05, 0.1) is 10.6 Å². The molecule has 3 aromatic heterocycles. The Hall–Kier alpha value is -4.30. The highest BCUT2D eigenvalue weighted by atomic mass is 32.1. The van der Waals surface area contributed by atoms with E-state index in [-0.39, 0.29) is 17.4 Å². The maximum atomic E-state index is 13.0. The first-order chi connectivity index (χ1) is 17.0.